The van der Waals surface area contributed by atoms with Crippen LogP contribution in [0.15, 0.2) is 34.9 Å². The summed E-state index contributed by atoms with van der Waals surface area (Å²) in [5, 5.41) is 11.0. The van der Waals surface area contributed by atoms with Gasteiger partial charge < -0.3 is 5.11 Å². The van der Waals surface area contributed by atoms with Crippen LogP contribution in [-0.4, -0.2) is 10.7 Å². The zero-order chi connectivity index (χ0) is 15.9. The van der Waals surface area contributed by atoms with Crippen molar-refractivity contribution in [2.45, 2.75) is 85.2 Å². The van der Waals surface area contributed by atoms with Crippen LogP contribution in [0.25, 0.3) is 0 Å². The maximum atomic E-state index is 11.0. The monoisotopic (exact) mass is 290 g/mol. The standard InChI is InChI=1S/C20H34O/c1-16(2)20(21)14-12-18(4)10-6-8-17(3)9-7-11-19(5)13-15-20/h8,11-12,16,21H,6-7,9-10,13-15H2,1-5H3/b17-8+,18-12+,19-11+. The van der Waals surface area contributed by atoms with Crippen molar-refractivity contribution in [3.63, 3.8) is 0 Å². The SMILES string of the molecule is C/C1=C\CC/C(C)=C/CC(O)(C(C)C)CC/C(C)=C/CC1. The third-order valence-corrected chi connectivity index (χ3v) is 4.89. The highest BCUT2D eigenvalue weighted by Crippen LogP contribution is 2.30. The van der Waals surface area contributed by atoms with E-state index in [-0.39, 0.29) is 0 Å². The van der Waals surface area contributed by atoms with Gasteiger partial charge in [0.25, 0.3) is 0 Å². The van der Waals surface area contributed by atoms with Crippen LogP contribution >= 0.6 is 0 Å². The van der Waals surface area contributed by atoms with Crippen molar-refractivity contribution in [3.8, 4) is 0 Å². The molecule has 1 N–H and O–H groups in total. The molecule has 0 bridgehead atoms. The fourth-order valence-corrected chi connectivity index (χ4v) is 2.79. The van der Waals surface area contributed by atoms with Gasteiger partial charge in [0, 0.05) is 0 Å². The third kappa shape index (κ3) is 6.65. The van der Waals surface area contributed by atoms with Crippen LogP contribution in [0.5, 0.6) is 0 Å². The van der Waals surface area contributed by atoms with Gasteiger partial charge in [0.1, 0.15) is 0 Å². The second-order valence-corrected chi connectivity index (χ2v) is 7.19. The predicted octanol–water partition coefficient (Wildman–Crippen LogP) is 5.96. The molecule has 0 saturated heterocycles. The molecule has 0 aromatic heterocycles. The number of allylic oxidation sites excluding steroid dienone is 5. The summed E-state index contributed by atoms with van der Waals surface area (Å²) in [6.45, 7) is 10.9. The molecule has 1 heteroatoms. The lowest BCUT2D eigenvalue weighted by Gasteiger charge is -2.32. The molecule has 1 unspecified atom stereocenters. The summed E-state index contributed by atoms with van der Waals surface area (Å²) < 4.78 is 0. The Morgan fingerprint density at radius 1 is 0.857 bits per heavy atom. The van der Waals surface area contributed by atoms with E-state index in [1.165, 1.54) is 16.7 Å². The van der Waals surface area contributed by atoms with E-state index in [0.717, 1.165) is 44.9 Å². The van der Waals surface area contributed by atoms with Crippen LogP contribution < -0.4 is 0 Å². The van der Waals surface area contributed by atoms with E-state index in [9.17, 15) is 5.11 Å². The van der Waals surface area contributed by atoms with Gasteiger partial charge in [-0.2, -0.15) is 0 Å². The molecule has 0 aliphatic heterocycles. The Balaban J connectivity index is 2.88. The second kappa shape index (κ2) is 8.58. The number of hydrogen-bond acceptors (Lipinski definition) is 1. The summed E-state index contributed by atoms with van der Waals surface area (Å²) in [4.78, 5) is 0. The smallest absolute Gasteiger partial charge is 0.0707 e. The average Bonchev–Trinajstić information content (AvgIpc) is 2.42. The Bertz CT molecular complexity index is 412. The van der Waals surface area contributed by atoms with Crippen molar-refractivity contribution in [2.75, 3.05) is 0 Å². The summed E-state index contributed by atoms with van der Waals surface area (Å²) in [7, 11) is 0. The molecule has 0 fully saturated rings. The zero-order valence-corrected chi connectivity index (χ0v) is 14.7. The fraction of sp³-hybridized carbons (Fsp3) is 0.700. The van der Waals surface area contributed by atoms with Crippen LogP contribution in [0.3, 0.4) is 0 Å². The van der Waals surface area contributed by atoms with Gasteiger partial charge in [0.15, 0.2) is 0 Å². The van der Waals surface area contributed by atoms with Crippen LogP contribution in [0.2, 0.25) is 0 Å². The van der Waals surface area contributed by atoms with Gasteiger partial charge in [-0.25, -0.2) is 0 Å². The Hall–Kier alpha value is -0.820. The molecule has 0 spiro atoms. The molecule has 21 heavy (non-hydrogen) atoms. The topological polar surface area (TPSA) is 20.2 Å². The molecule has 1 aliphatic carbocycles. The van der Waals surface area contributed by atoms with E-state index in [4.69, 9.17) is 0 Å². The molecule has 0 heterocycles. The molecule has 0 aromatic rings. The molecule has 1 atom stereocenters. The van der Waals surface area contributed by atoms with Gasteiger partial charge in [0.05, 0.1) is 5.60 Å². The van der Waals surface area contributed by atoms with Crippen molar-refractivity contribution in [3.05, 3.63) is 34.9 Å². The van der Waals surface area contributed by atoms with Crippen molar-refractivity contribution in [2.24, 2.45) is 5.92 Å². The van der Waals surface area contributed by atoms with Gasteiger partial charge in [-0.3, -0.25) is 0 Å². The van der Waals surface area contributed by atoms with E-state index >= 15 is 0 Å². The van der Waals surface area contributed by atoms with Gasteiger partial charge in [-0.05, 0) is 71.6 Å². The lowest BCUT2D eigenvalue weighted by atomic mass is 9.81. The summed E-state index contributed by atoms with van der Waals surface area (Å²) >= 11 is 0. The van der Waals surface area contributed by atoms with E-state index < -0.39 is 5.60 Å². The highest BCUT2D eigenvalue weighted by molar-refractivity contribution is 5.09. The Morgan fingerprint density at radius 3 is 1.86 bits per heavy atom. The van der Waals surface area contributed by atoms with Crippen LogP contribution in [-0.2, 0) is 0 Å². The number of aliphatic hydroxyl groups is 1. The van der Waals surface area contributed by atoms with Crippen molar-refractivity contribution in [1.82, 2.24) is 0 Å². The van der Waals surface area contributed by atoms with Crippen LogP contribution in [0.4, 0.5) is 0 Å². The quantitative estimate of drug-likeness (QED) is 0.591. The summed E-state index contributed by atoms with van der Waals surface area (Å²) in [6, 6.07) is 0. The van der Waals surface area contributed by atoms with Gasteiger partial charge in [-0.15, -0.1) is 0 Å². The largest absolute Gasteiger partial charge is 0.389 e. The molecule has 0 radical (unpaired) electrons. The Labute approximate surface area is 131 Å². The average molecular weight is 290 g/mol. The first kappa shape index (κ1) is 18.2. The van der Waals surface area contributed by atoms with Gasteiger partial charge in [0.2, 0.25) is 0 Å². The molecule has 120 valence electrons. The highest BCUT2D eigenvalue weighted by atomic mass is 16.3. The molecular weight excluding hydrogens is 256 g/mol. The van der Waals surface area contributed by atoms with Crippen molar-refractivity contribution < 1.29 is 5.11 Å². The van der Waals surface area contributed by atoms with Crippen LogP contribution in [0, 0.1) is 5.92 Å². The second-order valence-electron chi connectivity index (χ2n) is 7.19. The van der Waals surface area contributed by atoms with E-state index in [1.54, 1.807) is 0 Å². The first-order valence-corrected chi connectivity index (χ1v) is 8.53. The minimum atomic E-state index is -0.563. The summed E-state index contributed by atoms with van der Waals surface area (Å²) in [6.07, 6.45) is 14.2. The number of hydrogen-bond donors (Lipinski definition) is 1. The van der Waals surface area contributed by atoms with Crippen LogP contribution in [0.1, 0.15) is 79.6 Å². The molecule has 1 rings (SSSR count). The summed E-state index contributed by atoms with van der Waals surface area (Å²) in [5.74, 6) is 0.296. The lowest BCUT2D eigenvalue weighted by molar-refractivity contribution is -0.0101. The number of rotatable bonds is 1. The molecule has 1 nitrogen and oxygen atoms in total. The van der Waals surface area contributed by atoms with Crippen molar-refractivity contribution >= 4 is 0 Å². The summed E-state index contributed by atoms with van der Waals surface area (Å²) in [5.41, 5.74) is 3.76. The fourth-order valence-electron chi connectivity index (χ4n) is 2.79. The minimum Gasteiger partial charge on any atom is -0.389 e. The minimum absolute atomic E-state index is 0.296. The van der Waals surface area contributed by atoms with Gasteiger partial charge >= 0.3 is 0 Å². The molecule has 1 aliphatic rings. The highest BCUT2D eigenvalue weighted by Gasteiger charge is 2.29. The zero-order valence-electron chi connectivity index (χ0n) is 14.7. The van der Waals surface area contributed by atoms with Crippen molar-refractivity contribution in [1.29, 1.82) is 0 Å². The van der Waals surface area contributed by atoms with Gasteiger partial charge in [-0.1, -0.05) is 48.8 Å². The van der Waals surface area contributed by atoms with E-state index in [0.29, 0.717) is 5.92 Å². The molecule has 0 aromatic carbocycles. The van der Waals surface area contributed by atoms with E-state index in [1.807, 2.05) is 0 Å². The molecule has 0 amide bonds. The lowest BCUT2D eigenvalue weighted by Crippen LogP contribution is -2.34. The van der Waals surface area contributed by atoms with E-state index in [2.05, 4.69) is 52.8 Å². The Kier molecular flexibility index (Phi) is 7.45. The molecule has 0 saturated carbocycles. The first-order chi connectivity index (χ1) is 9.83. The maximum absolute atomic E-state index is 11.0. The third-order valence-electron chi connectivity index (χ3n) is 4.89. The normalized spacial score (nSPS) is 34.1. The predicted molar refractivity (Wildman–Crippen MR) is 93.4 cm³/mol. The molecular formula is C20H34O. The first-order valence-electron chi connectivity index (χ1n) is 8.53. The maximum Gasteiger partial charge on any atom is 0.0707 e. The Morgan fingerprint density at radius 2 is 1.33 bits per heavy atom.